The van der Waals surface area contributed by atoms with Crippen molar-refractivity contribution in [1.82, 2.24) is 10.6 Å². The van der Waals surface area contributed by atoms with Crippen LogP contribution in [0.1, 0.15) is 30.9 Å². The van der Waals surface area contributed by atoms with Crippen molar-refractivity contribution >= 4 is 17.9 Å². The van der Waals surface area contributed by atoms with Crippen LogP contribution in [0.3, 0.4) is 0 Å². The Labute approximate surface area is 171 Å². The lowest BCUT2D eigenvalue weighted by Gasteiger charge is -2.12. The normalized spacial score (nSPS) is 10.9. The molecule has 0 aliphatic carbocycles. The average Bonchev–Trinajstić information content (AvgIpc) is 2.73. The van der Waals surface area contributed by atoms with Crippen molar-refractivity contribution in [3.63, 3.8) is 0 Å². The molecule has 0 saturated carbocycles. The SMILES string of the molecule is CCCCNC(=O)/C(=C/c1ccc(OC)c(OC)c1)NC(=O)Cc1ccccc1. The van der Waals surface area contributed by atoms with Crippen LogP contribution in [0.4, 0.5) is 0 Å². The van der Waals surface area contributed by atoms with E-state index in [1.165, 1.54) is 0 Å². The zero-order valence-corrected chi connectivity index (χ0v) is 17.2. The summed E-state index contributed by atoms with van der Waals surface area (Å²) in [6.07, 6.45) is 3.65. The zero-order chi connectivity index (χ0) is 21.1. The van der Waals surface area contributed by atoms with Crippen LogP contribution in [0.15, 0.2) is 54.2 Å². The molecule has 0 atom stereocenters. The first-order valence-electron chi connectivity index (χ1n) is 9.63. The standard InChI is InChI=1S/C23H28N2O4/c1-4-5-13-24-23(27)19(25-22(26)16-17-9-7-6-8-10-17)14-18-11-12-20(28-2)21(15-18)29-3/h6-12,14-15H,4-5,13,16H2,1-3H3,(H,24,27)(H,25,26)/b19-14-. The molecular formula is C23H28N2O4. The Bertz CT molecular complexity index is 847. The Morgan fingerprint density at radius 3 is 2.38 bits per heavy atom. The molecule has 0 radical (unpaired) electrons. The monoisotopic (exact) mass is 396 g/mol. The van der Waals surface area contributed by atoms with Crippen LogP contribution >= 0.6 is 0 Å². The predicted molar refractivity (Wildman–Crippen MR) is 114 cm³/mol. The zero-order valence-electron chi connectivity index (χ0n) is 17.2. The van der Waals surface area contributed by atoms with Crippen LogP contribution in [-0.2, 0) is 16.0 Å². The first-order chi connectivity index (χ1) is 14.1. The summed E-state index contributed by atoms with van der Waals surface area (Å²) in [6.45, 7) is 2.60. The summed E-state index contributed by atoms with van der Waals surface area (Å²) >= 11 is 0. The molecule has 0 fully saturated rings. The molecule has 0 aromatic heterocycles. The van der Waals surface area contributed by atoms with Crippen molar-refractivity contribution in [2.45, 2.75) is 26.2 Å². The fourth-order valence-corrected chi connectivity index (χ4v) is 2.72. The summed E-state index contributed by atoms with van der Waals surface area (Å²) in [4.78, 5) is 25.1. The number of benzene rings is 2. The van der Waals surface area contributed by atoms with E-state index in [-0.39, 0.29) is 23.9 Å². The van der Waals surface area contributed by atoms with E-state index in [0.717, 1.165) is 18.4 Å². The van der Waals surface area contributed by atoms with Crippen LogP contribution in [-0.4, -0.2) is 32.6 Å². The van der Waals surface area contributed by atoms with Gasteiger partial charge in [-0.2, -0.15) is 0 Å². The molecule has 29 heavy (non-hydrogen) atoms. The molecule has 2 rings (SSSR count). The molecule has 2 aromatic carbocycles. The molecule has 0 heterocycles. The minimum Gasteiger partial charge on any atom is -0.493 e. The van der Waals surface area contributed by atoms with Crippen LogP contribution in [0.5, 0.6) is 11.5 Å². The average molecular weight is 396 g/mol. The third-order valence-electron chi connectivity index (χ3n) is 4.26. The van der Waals surface area contributed by atoms with Gasteiger partial charge in [-0.3, -0.25) is 9.59 Å². The first kappa shape index (κ1) is 22.0. The molecular weight excluding hydrogens is 368 g/mol. The lowest BCUT2D eigenvalue weighted by molar-refractivity contribution is -0.123. The summed E-state index contributed by atoms with van der Waals surface area (Å²) in [7, 11) is 3.11. The Balaban J connectivity index is 2.23. The lowest BCUT2D eigenvalue weighted by Crippen LogP contribution is -2.35. The minimum absolute atomic E-state index is 0.187. The number of amides is 2. The molecule has 154 valence electrons. The van der Waals surface area contributed by atoms with E-state index >= 15 is 0 Å². The second kappa shape index (κ2) is 11.5. The van der Waals surface area contributed by atoms with Crippen molar-refractivity contribution < 1.29 is 19.1 Å². The van der Waals surface area contributed by atoms with Gasteiger partial charge in [-0.05, 0) is 35.8 Å². The second-order valence-electron chi connectivity index (χ2n) is 6.49. The van der Waals surface area contributed by atoms with E-state index in [1.807, 2.05) is 37.3 Å². The number of methoxy groups -OCH3 is 2. The molecule has 2 N–H and O–H groups in total. The maximum atomic E-state index is 12.6. The van der Waals surface area contributed by atoms with E-state index in [1.54, 1.807) is 38.5 Å². The van der Waals surface area contributed by atoms with Gasteiger partial charge in [-0.15, -0.1) is 0 Å². The highest BCUT2D eigenvalue weighted by Gasteiger charge is 2.14. The minimum atomic E-state index is -0.324. The number of carbonyl (C=O) groups excluding carboxylic acids is 2. The number of hydrogen-bond donors (Lipinski definition) is 2. The summed E-state index contributed by atoms with van der Waals surface area (Å²) in [5.74, 6) is 0.553. The number of hydrogen-bond acceptors (Lipinski definition) is 4. The number of nitrogens with one attached hydrogen (secondary N) is 2. The Hall–Kier alpha value is -3.28. The molecule has 2 amide bonds. The summed E-state index contributed by atoms with van der Waals surface area (Å²) in [6, 6.07) is 14.7. The highest BCUT2D eigenvalue weighted by molar-refractivity contribution is 6.01. The van der Waals surface area contributed by atoms with Gasteiger partial charge in [-0.25, -0.2) is 0 Å². The van der Waals surface area contributed by atoms with Crippen molar-refractivity contribution in [3.8, 4) is 11.5 Å². The van der Waals surface area contributed by atoms with Gasteiger partial charge in [-0.1, -0.05) is 49.7 Å². The molecule has 0 aliphatic rings. The second-order valence-corrected chi connectivity index (χ2v) is 6.49. The van der Waals surface area contributed by atoms with E-state index in [9.17, 15) is 9.59 Å². The topological polar surface area (TPSA) is 76.7 Å². The third-order valence-corrected chi connectivity index (χ3v) is 4.26. The van der Waals surface area contributed by atoms with Gasteiger partial charge in [0.25, 0.3) is 5.91 Å². The third kappa shape index (κ3) is 6.99. The fraction of sp³-hybridized carbons (Fsp3) is 0.304. The highest BCUT2D eigenvalue weighted by atomic mass is 16.5. The van der Waals surface area contributed by atoms with Crippen LogP contribution in [0, 0.1) is 0 Å². The molecule has 2 aromatic rings. The summed E-state index contributed by atoms with van der Waals surface area (Å²) in [5, 5.41) is 5.59. The molecule has 6 heteroatoms. The van der Waals surface area contributed by atoms with Gasteiger partial charge < -0.3 is 20.1 Å². The number of rotatable bonds is 10. The molecule has 0 aliphatic heterocycles. The Morgan fingerprint density at radius 2 is 1.72 bits per heavy atom. The van der Waals surface area contributed by atoms with Gasteiger partial charge in [0.05, 0.1) is 20.6 Å². The first-order valence-corrected chi connectivity index (χ1v) is 9.63. The fourth-order valence-electron chi connectivity index (χ4n) is 2.72. The van der Waals surface area contributed by atoms with Crippen molar-refractivity contribution in [1.29, 1.82) is 0 Å². The van der Waals surface area contributed by atoms with Crippen molar-refractivity contribution in [2.24, 2.45) is 0 Å². The molecule has 0 unspecified atom stereocenters. The summed E-state index contributed by atoms with van der Waals surface area (Å²) in [5.41, 5.74) is 1.78. The van der Waals surface area contributed by atoms with Gasteiger partial charge in [0, 0.05) is 6.54 Å². The van der Waals surface area contributed by atoms with Gasteiger partial charge in [0.15, 0.2) is 11.5 Å². The van der Waals surface area contributed by atoms with E-state index in [0.29, 0.717) is 23.6 Å². The quantitative estimate of drug-likeness (QED) is 0.477. The lowest BCUT2D eigenvalue weighted by atomic mass is 10.1. The van der Waals surface area contributed by atoms with Gasteiger partial charge in [0.2, 0.25) is 5.91 Å². The number of ether oxygens (including phenoxy) is 2. The van der Waals surface area contributed by atoms with Crippen molar-refractivity contribution in [2.75, 3.05) is 20.8 Å². The maximum absolute atomic E-state index is 12.6. The number of unbranched alkanes of at least 4 members (excludes halogenated alkanes) is 1. The van der Waals surface area contributed by atoms with Gasteiger partial charge in [0.1, 0.15) is 5.70 Å². The smallest absolute Gasteiger partial charge is 0.267 e. The molecule has 6 nitrogen and oxygen atoms in total. The van der Waals surface area contributed by atoms with E-state index < -0.39 is 0 Å². The molecule has 0 saturated heterocycles. The largest absolute Gasteiger partial charge is 0.493 e. The van der Waals surface area contributed by atoms with E-state index in [4.69, 9.17) is 9.47 Å². The van der Waals surface area contributed by atoms with Crippen molar-refractivity contribution in [3.05, 3.63) is 65.4 Å². The van der Waals surface area contributed by atoms with Gasteiger partial charge >= 0.3 is 0 Å². The summed E-state index contributed by atoms with van der Waals surface area (Å²) < 4.78 is 10.6. The maximum Gasteiger partial charge on any atom is 0.267 e. The highest BCUT2D eigenvalue weighted by Crippen LogP contribution is 2.28. The Kier molecular flexibility index (Phi) is 8.76. The van der Waals surface area contributed by atoms with E-state index in [2.05, 4.69) is 10.6 Å². The Morgan fingerprint density at radius 1 is 1.00 bits per heavy atom. The van der Waals surface area contributed by atoms with Crippen LogP contribution in [0.25, 0.3) is 6.08 Å². The predicted octanol–water partition coefficient (Wildman–Crippen LogP) is 3.32. The molecule has 0 spiro atoms. The molecule has 0 bridgehead atoms. The van der Waals surface area contributed by atoms with Crippen LogP contribution in [0.2, 0.25) is 0 Å². The number of carbonyl (C=O) groups is 2. The van der Waals surface area contributed by atoms with Crippen LogP contribution < -0.4 is 20.1 Å².